The molecule has 3 nitrogen and oxygen atoms in total. The van der Waals surface area contributed by atoms with E-state index in [-0.39, 0.29) is 11.9 Å². The van der Waals surface area contributed by atoms with E-state index in [1.54, 1.807) is 11.8 Å². The summed E-state index contributed by atoms with van der Waals surface area (Å²) in [7, 11) is 0. The summed E-state index contributed by atoms with van der Waals surface area (Å²) in [5, 5.41) is 2.76. The summed E-state index contributed by atoms with van der Waals surface area (Å²) in [6.07, 6.45) is 0. The van der Waals surface area contributed by atoms with Gasteiger partial charge in [0.05, 0.1) is 0 Å². The van der Waals surface area contributed by atoms with Gasteiger partial charge in [0, 0.05) is 32.9 Å². The van der Waals surface area contributed by atoms with Gasteiger partial charge < -0.3 is 11.1 Å². The molecule has 0 saturated heterocycles. The molecule has 21 heavy (non-hydrogen) atoms. The Bertz CT molecular complexity index is 641. The van der Waals surface area contributed by atoms with E-state index in [1.165, 1.54) is 6.92 Å². The van der Waals surface area contributed by atoms with Crippen molar-refractivity contribution >= 4 is 39.3 Å². The van der Waals surface area contributed by atoms with Gasteiger partial charge in [-0.1, -0.05) is 33.8 Å². The highest BCUT2D eigenvalue weighted by molar-refractivity contribution is 9.10. The van der Waals surface area contributed by atoms with Crippen LogP contribution in [0.15, 0.2) is 56.7 Å². The molecule has 0 saturated carbocycles. The summed E-state index contributed by atoms with van der Waals surface area (Å²) in [6.45, 7) is 3.47. The highest BCUT2D eigenvalue weighted by atomic mass is 79.9. The molecule has 110 valence electrons. The second kappa shape index (κ2) is 7.11. The number of hydrogen-bond donors (Lipinski definition) is 2. The second-order valence-corrected chi connectivity index (χ2v) is 6.78. The zero-order chi connectivity index (χ0) is 15.4. The van der Waals surface area contributed by atoms with E-state index in [0.29, 0.717) is 0 Å². The lowest BCUT2D eigenvalue weighted by atomic mass is 10.1. The van der Waals surface area contributed by atoms with E-state index in [1.807, 2.05) is 37.3 Å². The van der Waals surface area contributed by atoms with Crippen molar-refractivity contribution in [2.24, 2.45) is 5.73 Å². The number of carbonyl (C=O) groups is 1. The van der Waals surface area contributed by atoms with Crippen LogP contribution in [-0.2, 0) is 4.79 Å². The average molecular weight is 365 g/mol. The van der Waals surface area contributed by atoms with Crippen LogP contribution in [0, 0.1) is 0 Å². The highest BCUT2D eigenvalue weighted by Gasteiger charge is 2.06. The van der Waals surface area contributed by atoms with Crippen LogP contribution in [0.25, 0.3) is 0 Å². The lowest BCUT2D eigenvalue weighted by Gasteiger charge is -2.10. The summed E-state index contributed by atoms with van der Waals surface area (Å²) in [6, 6.07) is 14.0. The topological polar surface area (TPSA) is 55.1 Å². The van der Waals surface area contributed by atoms with Crippen molar-refractivity contribution in [2.45, 2.75) is 29.7 Å². The summed E-state index contributed by atoms with van der Waals surface area (Å²) in [5.41, 5.74) is 7.81. The Kier molecular flexibility index (Phi) is 5.45. The van der Waals surface area contributed by atoms with Gasteiger partial charge in [0.25, 0.3) is 0 Å². The van der Waals surface area contributed by atoms with Gasteiger partial charge in [-0.25, -0.2) is 0 Å². The molecule has 0 radical (unpaired) electrons. The van der Waals surface area contributed by atoms with Gasteiger partial charge in [-0.3, -0.25) is 4.79 Å². The summed E-state index contributed by atoms with van der Waals surface area (Å²) < 4.78 is 1.03. The van der Waals surface area contributed by atoms with Crippen LogP contribution in [0.2, 0.25) is 0 Å². The number of nitrogens with two attached hydrogens (primary N) is 1. The van der Waals surface area contributed by atoms with Crippen molar-refractivity contribution in [3.05, 3.63) is 52.5 Å². The maximum absolute atomic E-state index is 11.0. The minimum Gasteiger partial charge on any atom is -0.326 e. The summed E-state index contributed by atoms with van der Waals surface area (Å²) >= 11 is 5.23. The van der Waals surface area contributed by atoms with Crippen molar-refractivity contribution in [3.63, 3.8) is 0 Å². The fourth-order valence-corrected chi connectivity index (χ4v) is 3.63. The van der Waals surface area contributed by atoms with Crippen molar-refractivity contribution in [2.75, 3.05) is 5.32 Å². The van der Waals surface area contributed by atoms with Gasteiger partial charge in [-0.05, 0) is 48.9 Å². The normalized spacial score (nSPS) is 12.0. The Balaban J connectivity index is 2.11. The van der Waals surface area contributed by atoms with Crippen LogP contribution in [0.1, 0.15) is 25.5 Å². The Morgan fingerprint density at radius 3 is 2.33 bits per heavy atom. The molecular weight excluding hydrogens is 348 g/mol. The summed E-state index contributed by atoms with van der Waals surface area (Å²) in [4.78, 5) is 13.2. The van der Waals surface area contributed by atoms with E-state index < -0.39 is 0 Å². The van der Waals surface area contributed by atoms with Gasteiger partial charge >= 0.3 is 0 Å². The molecule has 1 atom stereocenters. The fraction of sp³-hybridized carbons (Fsp3) is 0.188. The molecule has 1 amide bonds. The number of anilines is 1. The smallest absolute Gasteiger partial charge is 0.221 e. The monoisotopic (exact) mass is 364 g/mol. The molecule has 0 aliphatic carbocycles. The Labute approximate surface area is 137 Å². The lowest BCUT2D eigenvalue weighted by Crippen LogP contribution is -2.05. The second-order valence-electron chi connectivity index (χ2n) is 4.78. The SMILES string of the molecule is CC(=O)Nc1ccc(Sc2ccc([C@H](C)N)c(Br)c2)cc1. The predicted molar refractivity (Wildman–Crippen MR) is 91.6 cm³/mol. The number of carbonyl (C=O) groups excluding carboxylic acids is 1. The van der Waals surface area contributed by atoms with Crippen molar-refractivity contribution in [1.29, 1.82) is 0 Å². The molecule has 0 aliphatic rings. The quantitative estimate of drug-likeness (QED) is 0.834. The van der Waals surface area contributed by atoms with Crippen molar-refractivity contribution in [1.82, 2.24) is 0 Å². The molecular formula is C16H17BrN2OS. The minimum absolute atomic E-state index is 0.00960. The van der Waals surface area contributed by atoms with Gasteiger partial charge in [0.2, 0.25) is 5.91 Å². The highest BCUT2D eigenvalue weighted by Crippen LogP contribution is 2.32. The van der Waals surface area contributed by atoms with Gasteiger partial charge in [-0.2, -0.15) is 0 Å². The third-order valence-corrected chi connectivity index (χ3v) is 4.56. The van der Waals surface area contributed by atoms with Gasteiger partial charge in [0.15, 0.2) is 0 Å². The molecule has 0 fully saturated rings. The molecule has 3 N–H and O–H groups in total. The first-order chi connectivity index (χ1) is 9.95. The lowest BCUT2D eigenvalue weighted by molar-refractivity contribution is -0.114. The molecule has 0 aromatic heterocycles. The number of benzene rings is 2. The first-order valence-electron chi connectivity index (χ1n) is 6.56. The average Bonchev–Trinajstić information content (AvgIpc) is 2.40. The number of halogens is 1. The minimum atomic E-state index is -0.0640. The zero-order valence-electron chi connectivity index (χ0n) is 11.9. The van der Waals surface area contributed by atoms with Crippen LogP contribution in [0.5, 0.6) is 0 Å². The number of nitrogens with one attached hydrogen (secondary N) is 1. The van der Waals surface area contributed by atoms with Crippen LogP contribution in [-0.4, -0.2) is 5.91 Å². The molecule has 2 aromatic rings. The third kappa shape index (κ3) is 4.59. The largest absolute Gasteiger partial charge is 0.326 e. The third-order valence-electron chi connectivity index (χ3n) is 2.87. The predicted octanol–water partition coefficient (Wildman–Crippen LogP) is 4.58. The van der Waals surface area contributed by atoms with E-state index in [4.69, 9.17) is 5.73 Å². The Morgan fingerprint density at radius 1 is 1.19 bits per heavy atom. The van der Waals surface area contributed by atoms with Crippen molar-refractivity contribution in [3.8, 4) is 0 Å². The van der Waals surface area contributed by atoms with E-state index in [0.717, 1.165) is 25.5 Å². The van der Waals surface area contributed by atoms with Crippen LogP contribution < -0.4 is 11.1 Å². The molecule has 0 aliphatic heterocycles. The van der Waals surface area contributed by atoms with Crippen molar-refractivity contribution < 1.29 is 4.79 Å². The molecule has 2 rings (SSSR count). The standard InChI is InChI=1S/C16H17BrN2OS/c1-10(18)15-8-7-14(9-16(15)17)21-13-5-3-12(4-6-13)19-11(2)20/h3-10H,18H2,1-2H3,(H,19,20)/t10-/m0/s1. The summed E-state index contributed by atoms with van der Waals surface area (Å²) in [5.74, 6) is -0.0640. The molecule has 0 unspecified atom stereocenters. The van der Waals surface area contributed by atoms with Gasteiger partial charge in [-0.15, -0.1) is 0 Å². The maximum atomic E-state index is 11.0. The van der Waals surface area contributed by atoms with Crippen LogP contribution in [0.3, 0.4) is 0 Å². The van der Waals surface area contributed by atoms with Crippen LogP contribution >= 0.6 is 27.7 Å². The van der Waals surface area contributed by atoms with E-state index >= 15 is 0 Å². The Hall–Kier alpha value is -1.30. The maximum Gasteiger partial charge on any atom is 0.221 e. The molecule has 2 aromatic carbocycles. The van der Waals surface area contributed by atoms with E-state index in [2.05, 4.69) is 33.4 Å². The zero-order valence-corrected chi connectivity index (χ0v) is 14.3. The molecule has 0 heterocycles. The number of rotatable bonds is 4. The van der Waals surface area contributed by atoms with E-state index in [9.17, 15) is 4.79 Å². The first kappa shape index (κ1) is 16.1. The number of hydrogen-bond acceptors (Lipinski definition) is 3. The fourth-order valence-electron chi connectivity index (χ4n) is 1.89. The first-order valence-corrected chi connectivity index (χ1v) is 8.17. The van der Waals surface area contributed by atoms with Crippen LogP contribution in [0.4, 0.5) is 5.69 Å². The number of amides is 1. The Morgan fingerprint density at radius 2 is 1.81 bits per heavy atom. The van der Waals surface area contributed by atoms with Gasteiger partial charge in [0.1, 0.15) is 0 Å². The molecule has 0 bridgehead atoms. The molecule has 5 heteroatoms. The molecule has 0 spiro atoms.